The largest absolute Gasteiger partial charge is 0.454 e. The van der Waals surface area contributed by atoms with Gasteiger partial charge in [-0.15, -0.1) is 0 Å². The van der Waals surface area contributed by atoms with Crippen LogP contribution < -0.4 is 19.7 Å². The summed E-state index contributed by atoms with van der Waals surface area (Å²) in [4.78, 5) is 14.0. The lowest BCUT2D eigenvalue weighted by Crippen LogP contribution is -3.11. The highest BCUT2D eigenvalue weighted by Crippen LogP contribution is 2.34. The summed E-state index contributed by atoms with van der Waals surface area (Å²) < 4.78 is 10.7. The van der Waals surface area contributed by atoms with Gasteiger partial charge in [0.25, 0.3) is 0 Å². The van der Waals surface area contributed by atoms with E-state index >= 15 is 0 Å². The summed E-state index contributed by atoms with van der Waals surface area (Å²) >= 11 is 12.2. The number of hydrogen-bond acceptors (Lipinski definition) is 3. The van der Waals surface area contributed by atoms with Gasteiger partial charge in [-0.2, -0.15) is 0 Å². The molecule has 1 amide bonds. The normalized spacial score (nSPS) is 21.1. The first-order chi connectivity index (χ1) is 13.1. The van der Waals surface area contributed by atoms with Gasteiger partial charge in [-0.1, -0.05) is 29.3 Å². The molecule has 0 spiro atoms. The zero-order valence-corrected chi connectivity index (χ0v) is 16.3. The molecule has 4 rings (SSSR count). The molecule has 2 aliphatic heterocycles. The number of carbonyl (C=O) groups is 1. The van der Waals surface area contributed by atoms with Crippen molar-refractivity contribution in [1.29, 1.82) is 0 Å². The minimum atomic E-state index is 0.0277. The average Bonchev–Trinajstić information content (AvgIpc) is 3.12. The zero-order valence-electron chi connectivity index (χ0n) is 14.8. The number of rotatable bonds is 4. The Bertz CT molecular complexity index is 851. The molecule has 0 aliphatic carbocycles. The van der Waals surface area contributed by atoms with Crippen LogP contribution in [0.15, 0.2) is 36.4 Å². The van der Waals surface area contributed by atoms with Gasteiger partial charge in [-0.25, -0.2) is 0 Å². The van der Waals surface area contributed by atoms with Crippen molar-refractivity contribution < 1.29 is 19.2 Å². The molecule has 0 radical (unpaired) electrons. The molecule has 2 aliphatic rings. The van der Waals surface area contributed by atoms with E-state index in [2.05, 4.69) is 5.32 Å². The first-order valence-corrected chi connectivity index (χ1v) is 9.82. The van der Waals surface area contributed by atoms with Gasteiger partial charge in [-0.3, -0.25) is 4.79 Å². The fourth-order valence-corrected chi connectivity index (χ4v) is 4.09. The second-order valence-corrected chi connectivity index (χ2v) is 7.84. The summed E-state index contributed by atoms with van der Waals surface area (Å²) in [6.45, 7) is 2.97. The monoisotopic (exact) mass is 407 g/mol. The van der Waals surface area contributed by atoms with E-state index in [9.17, 15) is 4.79 Å². The van der Waals surface area contributed by atoms with E-state index in [1.807, 2.05) is 30.3 Å². The topological polar surface area (TPSA) is 52.0 Å². The van der Waals surface area contributed by atoms with Crippen molar-refractivity contribution in [3.63, 3.8) is 0 Å². The van der Waals surface area contributed by atoms with Gasteiger partial charge in [0.2, 0.25) is 12.7 Å². The van der Waals surface area contributed by atoms with Crippen LogP contribution >= 0.6 is 23.2 Å². The maximum atomic E-state index is 12.6. The Morgan fingerprint density at radius 3 is 2.63 bits per heavy atom. The van der Waals surface area contributed by atoms with Crippen molar-refractivity contribution in [2.75, 3.05) is 25.2 Å². The van der Waals surface area contributed by atoms with E-state index < -0.39 is 0 Å². The predicted octanol–water partition coefficient (Wildman–Crippen LogP) is 3.16. The van der Waals surface area contributed by atoms with E-state index in [0.29, 0.717) is 21.5 Å². The molecule has 7 heteroatoms. The molecule has 1 fully saturated rings. The minimum absolute atomic E-state index is 0.0277. The Labute approximate surface area is 168 Å². The van der Waals surface area contributed by atoms with Crippen molar-refractivity contribution in [2.45, 2.75) is 19.4 Å². The number of piperidine rings is 1. The maximum absolute atomic E-state index is 12.6. The number of amides is 1. The van der Waals surface area contributed by atoms with Gasteiger partial charge in [0.05, 0.1) is 18.1 Å². The highest BCUT2D eigenvalue weighted by atomic mass is 35.5. The van der Waals surface area contributed by atoms with E-state index in [1.165, 1.54) is 4.90 Å². The average molecular weight is 408 g/mol. The molecule has 142 valence electrons. The summed E-state index contributed by atoms with van der Waals surface area (Å²) in [5, 5.41) is 4.36. The van der Waals surface area contributed by atoms with Crippen LogP contribution in [0.3, 0.4) is 0 Å². The van der Waals surface area contributed by atoms with Gasteiger partial charge >= 0.3 is 0 Å². The van der Waals surface area contributed by atoms with Crippen LogP contribution in [0.25, 0.3) is 0 Å². The fourth-order valence-electron chi connectivity index (χ4n) is 3.62. The third kappa shape index (κ3) is 4.32. The summed E-state index contributed by atoms with van der Waals surface area (Å²) in [5.41, 5.74) is 1.84. The first kappa shape index (κ1) is 18.4. The third-order valence-corrected chi connectivity index (χ3v) is 5.75. The van der Waals surface area contributed by atoms with Crippen molar-refractivity contribution in [2.24, 2.45) is 5.92 Å². The molecule has 0 atom stereocenters. The van der Waals surface area contributed by atoms with Gasteiger partial charge in [0.1, 0.15) is 6.54 Å². The third-order valence-electron chi connectivity index (χ3n) is 5.16. The minimum Gasteiger partial charge on any atom is -0.454 e. The summed E-state index contributed by atoms with van der Waals surface area (Å²) in [7, 11) is 0. The Morgan fingerprint density at radius 2 is 1.85 bits per heavy atom. The van der Waals surface area contributed by atoms with Crippen molar-refractivity contribution >= 4 is 34.8 Å². The smallest absolute Gasteiger partial charge is 0.231 e. The van der Waals surface area contributed by atoms with Crippen molar-refractivity contribution in [1.82, 2.24) is 0 Å². The zero-order chi connectivity index (χ0) is 18.8. The van der Waals surface area contributed by atoms with Gasteiger partial charge < -0.3 is 19.7 Å². The molecule has 0 unspecified atom stereocenters. The Kier molecular flexibility index (Phi) is 5.43. The lowest BCUT2D eigenvalue weighted by atomic mass is 9.95. The van der Waals surface area contributed by atoms with Crippen LogP contribution in [-0.2, 0) is 11.3 Å². The van der Waals surface area contributed by atoms with Crippen molar-refractivity contribution in [3.8, 4) is 11.5 Å². The Morgan fingerprint density at radius 1 is 1.07 bits per heavy atom. The number of carbonyl (C=O) groups excluding carboxylic acids is 1. The molecule has 0 saturated carbocycles. The van der Waals surface area contributed by atoms with Gasteiger partial charge in [0, 0.05) is 41.1 Å². The van der Waals surface area contributed by atoms with E-state index in [0.717, 1.165) is 43.7 Å². The van der Waals surface area contributed by atoms with Crippen LogP contribution in [0.5, 0.6) is 11.5 Å². The van der Waals surface area contributed by atoms with Crippen LogP contribution in [-0.4, -0.2) is 25.8 Å². The first-order valence-electron chi connectivity index (χ1n) is 9.06. The number of nitrogens with one attached hydrogen (secondary N) is 2. The molecule has 1 saturated heterocycles. The summed E-state index contributed by atoms with van der Waals surface area (Å²) in [5.74, 6) is 1.48. The fraction of sp³-hybridized carbons (Fsp3) is 0.350. The molecular formula is C20H21Cl2N2O3+. The SMILES string of the molecule is O=C(Nc1ccc2c(c1)OCO2)C1CC[NH+](Cc2ccc(Cl)cc2Cl)CC1. The number of quaternary nitrogens is 1. The lowest BCUT2D eigenvalue weighted by Gasteiger charge is -2.29. The van der Waals surface area contributed by atoms with Crippen LogP contribution in [0, 0.1) is 5.92 Å². The van der Waals surface area contributed by atoms with Gasteiger partial charge in [0.15, 0.2) is 11.5 Å². The van der Waals surface area contributed by atoms with Crippen molar-refractivity contribution in [3.05, 3.63) is 52.0 Å². The lowest BCUT2D eigenvalue weighted by molar-refractivity contribution is -0.919. The van der Waals surface area contributed by atoms with Crippen LogP contribution in [0.2, 0.25) is 10.0 Å². The van der Waals surface area contributed by atoms with E-state index in [1.54, 1.807) is 6.07 Å². The van der Waals surface area contributed by atoms with E-state index in [4.69, 9.17) is 32.7 Å². The second kappa shape index (κ2) is 7.97. The number of fused-ring (bicyclic) bond motifs is 1. The van der Waals surface area contributed by atoms with Crippen LogP contribution in [0.4, 0.5) is 5.69 Å². The number of ether oxygens (including phenoxy) is 2. The number of likely N-dealkylation sites (tertiary alicyclic amines) is 1. The molecule has 2 aromatic rings. The highest BCUT2D eigenvalue weighted by Gasteiger charge is 2.28. The number of benzene rings is 2. The second-order valence-electron chi connectivity index (χ2n) is 6.99. The molecule has 27 heavy (non-hydrogen) atoms. The Hall–Kier alpha value is -1.95. The highest BCUT2D eigenvalue weighted by molar-refractivity contribution is 6.35. The molecule has 2 aromatic carbocycles. The summed E-state index contributed by atoms with van der Waals surface area (Å²) in [6, 6.07) is 11.1. The molecule has 0 bridgehead atoms. The Balaban J connectivity index is 1.30. The number of anilines is 1. The summed E-state index contributed by atoms with van der Waals surface area (Å²) in [6.07, 6.45) is 1.72. The molecule has 5 nitrogen and oxygen atoms in total. The molecular weight excluding hydrogens is 387 g/mol. The van der Waals surface area contributed by atoms with Crippen LogP contribution in [0.1, 0.15) is 18.4 Å². The van der Waals surface area contributed by atoms with Gasteiger partial charge in [-0.05, 0) is 24.3 Å². The predicted molar refractivity (Wildman–Crippen MR) is 105 cm³/mol. The standard InChI is InChI=1S/C20H20Cl2N2O3/c21-15-2-1-14(17(22)9-15)11-24-7-5-13(6-8-24)20(25)23-16-3-4-18-19(10-16)27-12-26-18/h1-4,9-10,13H,5-8,11-12H2,(H,23,25)/p+1. The molecule has 2 heterocycles. The maximum Gasteiger partial charge on any atom is 0.231 e. The molecule has 0 aromatic heterocycles. The number of halogens is 2. The quantitative estimate of drug-likeness (QED) is 0.818. The molecule has 2 N–H and O–H groups in total. The number of hydrogen-bond donors (Lipinski definition) is 2. The van der Waals surface area contributed by atoms with E-state index in [-0.39, 0.29) is 18.6 Å².